The van der Waals surface area contributed by atoms with Gasteiger partial charge in [-0.1, -0.05) is 6.92 Å². The third kappa shape index (κ3) is 3.05. The van der Waals surface area contributed by atoms with Crippen molar-refractivity contribution in [3.05, 3.63) is 23.8 Å². The van der Waals surface area contributed by atoms with Gasteiger partial charge in [-0.05, 0) is 43.4 Å². The molecule has 0 radical (unpaired) electrons. The van der Waals surface area contributed by atoms with Crippen molar-refractivity contribution in [1.82, 2.24) is 0 Å². The van der Waals surface area contributed by atoms with Crippen molar-refractivity contribution >= 4 is 17.3 Å². The molecule has 2 aliphatic rings. The maximum absolute atomic E-state index is 12.9. The number of rotatable bonds is 3. The molecular formula is C16H19F3N2O. The fourth-order valence-electron chi connectivity index (χ4n) is 2.96. The standard InChI is InChI=1S/C16H19F3N2O/c1-10-8-12(10)15(22)20-13-9-11(16(17,18)19)4-5-14(13)21-6-2-3-7-21/h4-5,9-10,12H,2-3,6-8H2,1H3,(H,20,22)/t10-,12-/m1/s1. The topological polar surface area (TPSA) is 32.3 Å². The lowest BCUT2D eigenvalue weighted by Gasteiger charge is -2.23. The van der Waals surface area contributed by atoms with Gasteiger partial charge in [-0.2, -0.15) is 13.2 Å². The van der Waals surface area contributed by atoms with Crippen LogP contribution >= 0.6 is 0 Å². The molecule has 1 heterocycles. The van der Waals surface area contributed by atoms with Gasteiger partial charge in [0.1, 0.15) is 0 Å². The summed E-state index contributed by atoms with van der Waals surface area (Å²) in [6.45, 7) is 3.60. The largest absolute Gasteiger partial charge is 0.416 e. The Kier molecular flexibility index (Phi) is 3.78. The number of halogens is 3. The fourth-order valence-corrected chi connectivity index (χ4v) is 2.96. The van der Waals surface area contributed by atoms with Crippen molar-refractivity contribution in [2.45, 2.75) is 32.4 Å². The van der Waals surface area contributed by atoms with E-state index in [1.165, 1.54) is 6.07 Å². The Labute approximate surface area is 127 Å². The molecule has 1 saturated carbocycles. The van der Waals surface area contributed by atoms with Crippen LogP contribution < -0.4 is 10.2 Å². The monoisotopic (exact) mass is 312 g/mol. The second-order valence-corrected chi connectivity index (χ2v) is 6.23. The van der Waals surface area contributed by atoms with Crippen LogP contribution in [0.5, 0.6) is 0 Å². The highest BCUT2D eigenvalue weighted by molar-refractivity contribution is 5.97. The van der Waals surface area contributed by atoms with E-state index in [0.717, 1.165) is 44.5 Å². The molecule has 2 fully saturated rings. The summed E-state index contributed by atoms with van der Waals surface area (Å²) in [5.41, 5.74) is 0.238. The average molecular weight is 312 g/mol. The van der Waals surface area contributed by atoms with Gasteiger partial charge in [0.15, 0.2) is 0 Å². The van der Waals surface area contributed by atoms with E-state index in [2.05, 4.69) is 5.32 Å². The minimum atomic E-state index is -4.41. The van der Waals surface area contributed by atoms with Crippen molar-refractivity contribution < 1.29 is 18.0 Å². The molecule has 1 aromatic rings. The molecule has 3 nitrogen and oxygen atoms in total. The third-order valence-corrected chi connectivity index (χ3v) is 4.47. The van der Waals surface area contributed by atoms with Crippen molar-refractivity contribution in [3.63, 3.8) is 0 Å². The molecule has 1 N–H and O–H groups in total. The average Bonchev–Trinajstić information content (AvgIpc) is 2.97. The van der Waals surface area contributed by atoms with Gasteiger partial charge in [-0.15, -0.1) is 0 Å². The summed E-state index contributed by atoms with van der Waals surface area (Å²) in [7, 11) is 0. The van der Waals surface area contributed by atoms with E-state index in [0.29, 0.717) is 11.6 Å². The second kappa shape index (κ2) is 5.48. The highest BCUT2D eigenvalue weighted by Crippen LogP contribution is 2.41. The van der Waals surface area contributed by atoms with Crippen molar-refractivity contribution in [3.8, 4) is 0 Å². The molecule has 1 amide bonds. The number of anilines is 2. The SMILES string of the molecule is C[C@@H]1C[C@H]1C(=O)Nc1cc(C(F)(F)F)ccc1N1CCCC1. The summed E-state index contributed by atoms with van der Waals surface area (Å²) < 4.78 is 38.8. The summed E-state index contributed by atoms with van der Waals surface area (Å²) in [5, 5.41) is 2.71. The number of amides is 1. The summed E-state index contributed by atoms with van der Waals surface area (Å²) in [6.07, 6.45) is -1.55. The fraction of sp³-hybridized carbons (Fsp3) is 0.562. The first kappa shape index (κ1) is 15.2. The number of carbonyl (C=O) groups is 1. The molecule has 1 aromatic carbocycles. The zero-order valence-corrected chi connectivity index (χ0v) is 12.4. The molecule has 0 bridgehead atoms. The van der Waals surface area contributed by atoms with Crippen LogP contribution in [-0.2, 0) is 11.0 Å². The molecule has 120 valence electrons. The number of carbonyl (C=O) groups excluding carboxylic acids is 1. The summed E-state index contributed by atoms with van der Waals surface area (Å²) in [6, 6.07) is 3.61. The van der Waals surface area contributed by atoms with Gasteiger partial charge >= 0.3 is 6.18 Å². The van der Waals surface area contributed by atoms with Crippen LogP contribution in [0, 0.1) is 11.8 Å². The van der Waals surface area contributed by atoms with Crippen LogP contribution in [0.25, 0.3) is 0 Å². The predicted molar refractivity (Wildman–Crippen MR) is 78.8 cm³/mol. The van der Waals surface area contributed by atoms with Gasteiger partial charge in [-0.3, -0.25) is 4.79 Å². The van der Waals surface area contributed by atoms with Gasteiger partial charge in [0.05, 0.1) is 16.9 Å². The Hall–Kier alpha value is -1.72. The first-order valence-electron chi connectivity index (χ1n) is 7.63. The van der Waals surface area contributed by atoms with Crippen molar-refractivity contribution in [2.75, 3.05) is 23.3 Å². The lowest BCUT2D eigenvalue weighted by molar-refractivity contribution is -0.137. The maximum Gasteiger partial charge on any atom is 0.416 e. The van der Waals surface area contributed by atoms with Crippen LogP contribution in [0.3, 0.4) is 0 Å². The highest BCUT2D eigenvalue weighted by atomic mass is 19.4. The summed E-state index contributed by atoms with van der Waals surface area (Å²) >= 11 is 0. The molecule has 6 heteroatoms. The zero-order chi connectivity index (χ0) is 15.9. The number of hydrogen-bond donors (Lipinski definition) is 1. The molecule has 0 aromatic heterocycles. The van der Waals surface area contributed by atoms with E-state index in [4.69, 9.17) is 0 Å². The third-order valence-electron chi connectivity index (χ3n) is 4.47. The van der Waals surface area contributed by atoms with Crippen molar-refractivity contribution in [1.29, 1.82) is 0 Å². The van der Waals surface area contributed by atoms with Crippen LogP contribution in [0.2, 0.25) is 0 Å². The Morgan fingerprint density at radius 1 is 1.27 bits per heavy atom. The maximum atomic E-state index is 12.9. The first-order chi connectivity index (χ1) is 10.4. The van der Waals surface area contributed by atoms with Gasteiger partial charge < -0.3 is 10.2 Å². The quantitative estimate of drug-likeness (QED) is 0.918. The van der Waals surface area contributed by atoms with E-state index in [1.54, 1.807) is 0 Å². The Morgan fingerprint density at radius 3 is 2.45 bits per heavy atom. The van der Waals surface area contributed by atoms with Gasteiger partial charge in [0.25, 0.3) is 0 Å². The number of nitrogens with one attached hydrogen (secondary N) is 1. The van der Waals surface area contributed by atoms with E-state index >= 15 is 0 Å². The van der Waals surface area contributed by atoms with Crippen LogP contribution in [0.4, 0.5) is 24.5 Å². The summed E-state index contributed by atoms with van der Waals surface area (Å²) in [5.74, 6) is 0.0780. The van der Waals surface area contributed by atoms with Crippen LogP contribution in [-0.4, -0.2) is 19.0 Å². The number of alkyl halides is 3. The number of hydrogen-bond acceptors (Lipinski definition) is 2. The van der Waals surface area contributed by atoms with E-state index in [9.17, 15) is 18.0 Å². The molecule has 0 spiro atoms. The zero-order valence-electron chi connectivity index (χ0n) is 12.4. The number of nitrogens with zero attached hydrogens (tertiary/aromatic N) is 1. The lowest BCUT2D eigenvalue weighted by atomic mass is 10.1. The summed E-state index contributed by atoms with van der Waals surface area (Å²) in [4.78, 5) is 14.1. The highest BCUT2D eigenvalue weighted by Gasteiger charge is 2.39. The Bertz CT molecular complexity index is 579. The van der Waals surface area contributed by atoms with Gasteiger partial charge in [-0.25, -0.2) is 0 Å². The van der Waals surface area contributed by atoms with E-state index in [-0.39, 0.29) is 17.5 Å². The molecule has 1 saturated heterocycles. The molecule has 0 unspecified atom stereocenters. The molecule has 1 aliphatic heterocycles. The van der Waals surface area contributed by atoms with Crippen LogP contribution in [0.15, 0.2) is 18.2 Å². The normalized spacial score (nSPS) is 24.5. The molecule has 2 atom stereocenters. The minimum Gasteiger partial charge on any atom is -0.370 e. The molecule has 3 rings (SSSR count). The van der Waals surface area contributed by atoms with E-state index in [1.807, 2.05) is 11.8 Å². The number of benzene rings is 1. The molecular weight excluding hydrogens is 293 g/mol. The van der Waals surface area contributed by atoms with E-state index < -0.39 is 11.7 Å². The van der Waals surface area contributed by atoms with Gasteiger partial charge in [0, 0.05) is 19.0 Å². The second-order valence-electron chi connectivity index (χ2n) is 6.23. The predicted octanol–water partition coefficient (Wildman–Crippen LogP) is 3.90. The Balaban J connectivity index is 1.89. The lowest BCUT2D eigenvalue weighted by Crippen LogP contribution is -2.22. The molecule has 1 aliphatic carbocycles. The first-order valence-corrected chi connectivity index (χ1v) is 7.63. The molecule has 22 heavy (non-hydrogen) atoms. The van der Waals surface area contributed by atoms with Crippen LogP contribution in [0.1, 0.15) is 31.7 Å². The minimum absolute atomic E-state index is 0.0685. The Morgan fingerprint density at radius 2 is 1.91 bits per heavy atom. The smallest absolute Gasteiger partial charge is 0.370 e. The van der Waals surface area contributed by atoms with Gasteiger partial charge in [0.2, 0.25) is 5.91 Å². The van der Waals surface area contributed by atoms with Crippen molar-refractivity contribution in [2.24, 2.45) is 11.8 Å².